The SMILES string of the molecule is Cc1ccc(CNCc2ccc(N3CCC(CO)CC3)cc2)c(C)c1. The van der Waals surface area contributed by atoms with E-state index in [0.29, 0.717) is 12.5 Å². The van der Waals surface area contributed by atoms with Crippen molar-refractivity contribution in [2.24, 2.45) is 5.92 Å². The van der Waals surface area contributed by atoms with Crippen molar-refractivity contribution in [2.75, 3.05) is 24.6 Å². The van der Waals surface area contributed by atoms with E-state index in [1.807, 2.05) is 0 Å². The smallest absolute Gasteiger partial charge is 0.0460 e. The van der Waals surface area contributed by atoms with Gasteiger partial charge in [-0.15, -0.1) is 0 Å². The van der Waals surface area contributed by atoms with Gasteiger partial charge in [0.2, 0.25) is 0 Å². The van der Waals surface area contributed by atoms with E-state index in [0.717, 1.165) is 39.0 Å². The largest absolute Gasteiger partial charge is 0.396 e. The lowest BCUT2D eigenvalue weighted by atomic mass is 9.97. The summed E-state index contributed by atoms with van der Waals surface area (Å²) < 4.78 is 0. The van der Waals surface area contributed by atoms with Crippen molar-refractivity contribution in [3.8, 4) is 0 Å². The molecule has 25 heavy (non-hydrogen) atoms. The Balaban J connectivity index is 1.49. The minimum atomic E-state index is 0.332. The summed E-state index contributed by atoms with van der Waals surface area (Å²) in [5.74, 6) is 0.491. The number of aliphatic hydroxyl groups is 1. The van der Waals surface area contributed by atoms with Gasteiger partial charge < -0.3 is 15.3 Å². The second-order valence-electron chi connectivity index (χ2n) is 7.31. The standard InChI is InChI=1S/C22H30N2O/c1-17-3-6-21(18(2)13-17)15-23-14-19-4-7-22(8-5-19)24-11-9-20(16-25)10-12-24/h3-8,13,20,23,25H,9-12,14-16H2,1-2H3. The molecule has 2 aromatic carbocycles. The number of hydrogen-bond donors (Lipinski definition) is 2. The van der Waals surface area contributed by atoms with Gasteiger partial charge in [0.1, 0.15) is 0 Å². The van der Waals surface area contributed by atoms with Crippen LogP contribution < -0.4 is 10.2 Å². The van der Waals surface area contributed by atoms with E-state index < -0.39 is 0 Å². The van der Waals surface area contributed by atoms with Crippen LogP contribution in [0.4, 0.5) is 5.69 Å². The Hall–Kier alpha value is -1.84. The van der Waals surface area contributed by atoms with E-state index in [-0.39, 0.29) is 0 Å². The summed E-state index contributed by atoms with van der Waals surface area (Å²) in [4.78, 5) is 2.43. The van der Waals surface area contributed by atoms with Gasteiger partial charge in [0, 0.05) is 38.5 Å². The van der Waals surface area contributed by atoms with Crippen LogP contribution in [-0.4, -0.2) is 24.8 Å². The molecule has 0 spiro atoms. The number of nitrogens with one attached hydrogen (secondary N) is 1. The van der Waals surface area contributed by atoms with Gasteiger partial charge in [-0.2, -0.15) is 0 Å². The molecule has 0 aliphatic carbocycles. The van der Waals surface area contributed by atoms with Crippen LogP contribution in [-0.2, 0) is 13.1 Å². The molecular weight excluding hydrogens is 308 g/mol. The van der Waals surface area contributed by atoms with Crippen LogP contribution in [0.25, 0.3) is 0 Å². The van der Waals surface area contributed by atoms with Crippen molar-refractivity contribution in [3.63, 3.8) is 0 Å². The molecular formula is C22H30N2O. The minimum Gasteiger partial charge on any atom is -0.396 e. The third kappa shape index (κ3) is 4.83. The Labute approximate surface area is 151 Å². The Morgan fingerprint density at radius 2 is 1.72 bits per heavy atom. The van der Waals surface area contributed by atoms with Crippen LogP contribution in [0.5, 0.6) is 0 Å². The Morgan fingerprint density at radius 1 is 1.00 bits per heavy atom. The van der Waals surface area contributed by atoms with Crippen molar-refractivity contribution in [3.05, 3.63) is 64.7 Å². The van der Waals surface area contributed by atoms with Crippen molar-refractivity contribution < 1.29 is 5.11 Å². The Bertz CT molecular complexity index is 673. The molecule has 3 nitrogen and oxygen atoms in total. The highest BCUT2D eigenvalue weighted by Gasteiger charge is 2.18. The zero-order valence-corrected chi connectivity index (χ0v) is 15.5. The fourth-order valence-electron chi connectivity index (χ4n) is 3.58. The minimum absolute atomic E-state index is 0.332. The van der Waals surface area contributed by atoms with Gasteiger partial charge in [-0.05, 0) is 61.4 Å². The molecule has 0 atom stereocenters. The molecule has 1 saturated heterocycles. The van der Waals surface area contributed by atoms with Crippen molar-refractivity contribution in [2.45, 2.75) is 39.8 Å². The molecule has 0 radical (unpaired) electrons. The third-order valence-corrected chi connectivity index (χ3v) is 5.32. The summed E-state index contributed by atoms with van der Waals surface area (Å²) in [5.41, 5.74) is 6.66. The van der Waals surface area contributed by atoms with Crippen LogP contribution in [0.3, 0.4) is 0 Å². The average molecular weight is 338 g/mol. The maximum atomic E-state index is 9.25. The number of nitrogens with zero attached hydrogens (tertiary/aromatic N) is 1. The predicted octanol–water partition coefficient (Wildman–Crippen LogP) is 3.80. The number of anilines is 1. The lowest BCUT2D eigenvalue weighted by Crippen LogP contribution is -2.34. The number of hydrogen-bond acceptors (Lipinski definition) is 3. The molecule has 0 aromatic heterocycles. The second-order valence-corrected chi connectivity index (χ2v) is 7.31. The summed E-state index contributed by atoms with van der Waals surface area (Å²) >= 11 is 0. The van der Waals surface area contributed by atoms with Crippen LogP contribution in [0.15, 0.2) is 42.5 Å². The molecule has 1 aliphatic heterocycles. The normalized spacial score (nSPS) is 15.6. The molecule has 2 aromatic rings. The van der Waals surface area contributed by atoms with Gasteiger partial charge in [0.25, 0.3) is 0 Å². The average Bonchev–Trinajstić information content (AvgIpc) is 2.64. The maximum Gasteiger partial charge on any atom is 0.0460 e. The maximum absolute atomic E-state index is 9.25. The van der Waals surface area contributed by atoms with E-state index >= 15 is 0 Å². The molecule has 0 bridgehead atoms. The fraction of sp³-hybridized carbons (Fsp3) is 0.455. The molecule has 1 aliphatic rings. The van der Waals surface area contributed by atoms with Gasteiger partial charge in [-0.1, -0.05) is 35.9 Å². The van der Waals surface area contributed by atoms with Crippen molar-refractivity contribution in [1.29, 1.82) is 0 Å². The predicted molar refractivity (Wildman–Crippen MR) is 105 cm³/mol. The summed E-state index contributed by atoms with van der Waals surface area (Å²) in [6.45, 7) is 8.55. The number of benzene rings is 2. The number of aliphatic hydroxyl groups excluding tert-OH is 1. The van der Waals surface area contributed by atoms with Gasteiger partial charge in [-0.25, -0.2) is 0 Å². The number of rotatable bonds is 6. The molecule has 0 saturated carbocycles. The second kappa shape index (κ2) is 8.50. The quantitative estimate of drug-likeness (QED) is 0.841. The van der Waals surface area contributed by atoms with Crippen LogP contribution >= 0.6 is 0 Å². The fourth-order valence-corrected chi connectivity index (χ4v) is 3.58. The van der Waals surface area contributed by atoms with Gasteiger partial charge in [0.15, 0.2) is 0 Å². The lowest BCUT2D eigenvalue weighted by Gasteiger charge is -2.33. The highest BCUT2D eigenvalue weighted by atomic mass is 16.3. The van der Waals surface area contributed by atoms with Crippen LogP contribution in [0.2, 0.25) is 0 Å². The summed E-state index contributed by atoms with van der Waals surface area (Å²) in [5, 5.41) is 12.8. The molecule has 1 heterocycles. The van der Waals surface area contributed by atoms with Gasteiger partial charge in [0.05, 0.1) is 0 Å². The van der Waals surface area contributed by atoms with Crippen molar-refractivity contribution >= 4 is 5.69 Å². The first-order valence-corrected chi connectivity index (χ1v) is 9.37. The van der Waals surface area contributed by atoms with E-state index in [1.165, 1.54) is 27.9 Å². The molecule has 3 heteroatoms. The van der Waals surface area contributed by atoms with E-state index in [4.69, 9.17) is 0 Å². The third-order valence-electron chi connectivity index (χ3n) is 5.32. The molecule has 0 amide bonds. The Morgan fingerprint density at radius 3 is 2.36 bits per heavy atom. The molecule has 0 unspecified atom stereocenters. The monoisotopic (exact) mass is 338 g/mol. The molecule has 134 valence electrons. The van der Waals surface area contributed by atoms with Gasteiger partial charge in [-0.3, -0.25) is 0 Å². The van der Waals surface area contributed by atoms with Crippen molar-refractivity contribution in [1.82, 2.24) is 5.32 Å². The topological polar surface area (TPSA) is 35.5 Å². The lowest BCUT2D eigenvalue weighted by molar-refractivity contribution is 0.203. The highest BCUT2D eigenvalue weighted by Crippen LogP contribution is 2.23. The molecule has 3 rings (SSSR count). The number of piperidine rings is 1. The summed E-state index contributed by atoms with van der Waals surface area (Å²) in [6, 6.07) is 15.5. The zero-order valence-electron chi connectivity index (χ0n) is 15.5. The highest BCUT2D eigenvalue weighted by molar-refractivity contribution is 5.48. The van der Waals surface area contributed by atoms with E-state index in [9.17, 15) is 5.11 Å². The first-order chi connectivity index (χ1) is 12.2. The Kier molecular flexibility index (Phi) is 6.11. The summed E-state index contributed by atoms with van der Waals surface area (Å²) in [7, 11) is 0. The first-order valence-electron chi connectivity index (χ1n) is 9.37. The van der Waals surface area contributed by atoms with Gasteiger partial charge >= 0.3 is 0 Å². The summed E-state index contributed by atoms with van der Waals surface area (Å²) in [6.07, 6.45) is 2.19. The molecule has 1 fully saturated rings. The van der Waals surface area contributed by atoms with E-state index in [2.05, 4.69) is 66.5 Å². The number of aryl methyl sites for hydroxylation is 2. The van der Waals surface area contributed by atoms with Crippen LogP contribution in [0.1, 0.15) is 35.1 Å². The zero-order chi connectivity index (χ0) is 17.6. The van der Waals surface area contributed by atoms with E-state index in [1.54, 1.807) is 0 Å². The van der Waals surface area contributed by atoms with Crippen LogP contribution in [0, 0.1) is 19.8 Å². The first kappa shape index (κ1) is 18.0. The molecule has 2 N–H and O–H groups in total.